The van der Waals surface area contributed by atoms with Crippen molar-refractivity contribution in [3.8, 4) is 0 Å². The molecule has 0 spiro atoms. The number of rotatable bonds is 3. The fraction of sp³-hybridized carbons (Fsp3) is 0.417. The molecule has 1 aromatic rings. The van der Waals surface area contributed by atoms with Gasteiger partial charge in [-0.05, 0) is 18.6 Å². The lowest BCUT2D eigenvalue weighted by Gasteiger charge is -2.35. The summed E-state index contributed by atoms with van der Waals surface area (Å²) in [4.78, 5) is 17.9. The van der Waals surface area contributed by atoms with Crippen molar-refractivity contribution in [3.05, 3.63) is 23.4 Å². The smallest absolute Gasteiger partial charge is 0.242 e. The highest BCUT2D eigenvalue weighted by atomic mass is 32.1. The standard InChI is InChI=1S/C12H16N4O2S/c1-7-2-3-15-12(9(7)11(14)19)16-4-5-18-6-8(16)10(13)17/h2-3,8H,4-6H2,1H3,(H2,13,17)(H2,14,19). The Bertz CT molecular complexity index is 520. The van der Waals surface area contributed by atoms with E-state index in [0.29, 0.717) is 24.5 Å². The first-order valence-corrected chi connectivity index (χ1v) is 6.32. The van der Waals surface area contributed by atoms with Gasteiger partial charge in [0.1, 0.15) is 16.8 Å². The van der Waals surface area contributed by atoms with E-state index in [1.54, 1.807) is 6.20 Å². The summed E-state index contributed by atoms with van der Waals surface area (Å²) in [5, 5.41) is 0. The van der Waals surface area contributed by atoms with Gasteiger partial charge in [-0.2, -0.15) is 0 Å². The van der Waals surface area contributed by atoms with Gasteiger partial charge in [0, 0.05) is 12.7 Å². The van der Waals surface area contributed by atoms with Gasteiger partial charge in [0.2, 0.25) is 5.91 Å². The molecule has 0 saturated carbocycles. The zero-order valence-electron chi connectivity index (χ0n) is 10.6. The van der Waals surface area contributed by atoms with Crippen molar-refractivity contribution in [2.75, 3.05) is 24.7 Å². The molecule has 102 valence electrons. The molecule has 0 aromatic carbocycles. The molecule has 1 amide bonds. The summed E-state index contributed by atoms with van der Waals surface area (Å²) >= 11 is 5.07. The summed E-state index contributed by atoms with van der Waals surface area (Å²) in [5.74, 6) is 0.150. The monoisotopic (exact) mass is 280 g/mol. The van der Waals surface area contributed by atoms with Crippen LogP contribution >= 0.6 is 12.2 Å². The van der Waals surface area contributed by atoms with Gasteiger partial charge >= 0.3 is 0 Å². The van der Waals surface area contributed by atoms with Crippen LogP contribution in [0.4, 0.5) is 5.82 Å². The Labute approximate surface area is 116 Å². The van der Waals surface area contributed by atoms with Crippen molar-refractivity contribution in [1.82, 2.24) is 4.98 Å². The van der Waals surface area contributed by atoms with E-state index in [1.165, 1.54) is 0 Å². The summed E-state index contributed by atoms with van der Waals surface area (Å²) < 4.78 is 5.29. The molecule has 1 atom stereocenters. The molecule has 1 saturated heterocycles. The normalized spacial score (nSPS) is 19.2. The second-order valence-corrected chi connectivity index (χ2v) is 4.82. The van der Waals surface area contributed by atoms with Gasteiger partial charge in [-0.1, -0.05) is 12.2 Å². The molecular weight excluding hydrogens is 264 g/mol. The van der Waals surface area contributed by atoms with E-state index in [2.05, 4.69) is 4.98 Å². The third kappa shape index (κ3) is 2.66. The van der Waals surface area contributed by atoms with Crippen LogP contribution in [0.15, 0.2) is 12.3 Å². The van der Waals surface area contributed by atoms with Crippen molar-refractivity contribution < 1.29 is 9.53 Å². The lowest BCUT2D eigenvalue weighted by molar-refractivity contribution is -0.121. The first kappa shape index (κ1) is 13.7. The van der Waals surface area contributed by atoms with Crippen molar-refractivity contribution in [3.63, 3.8) is 0 Å². The Hall–Kier alpha value is -1.73. The fourth-order valence-electron chi connectivity index (χ4n) is 2.16. The minimum atomic E-state index is -0.545. The van der Waals surface area contributed by atoms with Gasteiger partial charge in [0.05, 0.1) is 18.8 Å². The molecule has 0 aliphatic carbocycles. The molecule has 1 aliphatic rings. The molecule has 2 heterocycles. The number of amides is 1. The zero-order chi connectivity index (χ0) is 14.0. The topological polar surface area (TPSA) is 94.5 Å². The number of pyridine rings is 1. The predicted octanol–water partition coefficient (Wildman–Crippen LogP) is -0.285. The Kier molecular flexibility index (Phi) is 3.96. The van der Waals surface area contributed by atoms with Crippen molar-refractivity contribution >= 4 is 28.9 Å². The molecule has 1 aromatic heterocycles. The number of thiocarbonyl (C=S) groups is 1. The van der Waals surface area contributed by atoms with Gasteiger partial charge in [-0.25, -0.2) is 4.98 Å². The number of carbonyl (C=O) groups is 1. The number of aromatic nitrogens is 1. The summed E-state index contributed by atoms with van der Waals surface area (Å²) in [7, 11) is 0. The molecule has 19 heavy (non-hydrogen) atoms. The SMILES string of the molecule is Cc1ccnc(N2CCOCC2C(N)=O)c1C(N)=S. The van der Waals surface area contributed by atoms with E-state index in [4.69, 9.17) is 28.4 Å². The maximum atomic E-state index is 11.5. The average Bonchev–Trinajstić information content (AvgIpc) is 2.37. The second kappa shape index (κ2) is 5.50. The molecule has 0 bridgehead atoms. The van der Waals surface area contributed by atoms with Gasteiger partial charge in [0.25, 0.3) is 0 Å². The maximum Gasteiger partial charge on any atom is 0.242 e. The number of primary amides is 1. The molecule has 6 nitrogen and oxygen atoms in total. The van der Waals surface area contributed by atoms with Crippen molar-refractivity contribution in [2.45, 2.75) is 13.0 Å². The van der Waals surface area contributed by atoms with Crippen LogP contribution in [0.1, 0.15) is 11.1 Å². The number of aryl methyl sites for hydroxylation is 1. The first-order chi connectivity index (χ1) is 9.02. The van der Waals surface area contributed by atoms with E-state index in [9.17, 15) is 4.79 Å². The van der Waals surface area contributed by atoms with Gasteiger partial charge in [-0.3, -0.25) is 4.79 Å². The summed E-state index contributed by atoms with van der Waals surface area (Å²) in [6, 6.07) is 1.29. The quantitative estimate of drug-likeness (QED) is 0.739. The molecule has 4 N–H and O–H groups in total. The highest BCUT2D eigenvalue weighted by Crippen LogP contribution is 2.24. The zero-order valence-corrected chi connectivity index (χ0v) is 11.4. The summed E-state index contributed by atoms with van der Waals surface area (Å²) in [6.07, 6.45) is 1.67. The Morgan fingerprint density at radius 2 is 2.32 bits per heavy atom. The number of carbonyl (C=O) groups excluding carboxylic acids is 1. The molecular formula is C12H16N4O2S. The van der Waals surface area contributed by atoms with Crippen LogP contribution in [-0.4, -0.2) is 41.7 Å². The van der Waals surface area contributed by atoms with Crippen molar-refractivity contribution in [1.29, 1.82) is 0 Å². The van der Waals surface area contributed by atoms with Crippen LogP contribution in [0.3, 0.4) is 0 Å². The van der Waals surface area contributed by atoms with Crippen LogP contribution < -0.4 is 16.4 Å². The maximum absolute atomic E-state index is 11.5. The van der Waals surface area contributed by atoms with Crippen LogP contribution in [0, 0.1) is 6.92 Å². The van der Waals surface area contributed by atoms with Gasteiger partial charge in [-0.15, -0.1) is 0 Å². The molecule has 1 unspecified atom stereocenters. The summed E-state index contributed by atoms with van der Waals surface area (Å²) in [6.45, 7) is 3.19. The van der Waals surface area contributed by atoms with E-state index in [0.717, 1.165) is 5.56 Å². The highest BCUT2D eigenvalue weighted by molar-refractivity contribution is 7.80. The molecule has 2 rings (SSSR count). The first-order valence-electron chi connectivity index (χ1n) is 5.91. The minimum absolute atomic E-state index is 0.252. The Morgan fingerprint density at radius 1 is 1.58 bits per heavy atom. The highest BCUT2D eigenvalue weighted by Gasteiger charge is 2.30. The Balaban J connectivity index is 2.47. The third-order valence-corrected chi connectivity index (χ3v) is 3.32. The lowest BCUT2D eigenvalue weighted by atomic mass is 10.1. The molecule has 0 radical (unpaired) electrons. The van der Waals surface area contributed by atoms with E-state index < -0.39 is 11.9 Å². The van der Waals surface area contributed by atoms with Crippen LogP contribution in [-0.2, 0) is 9.53 Å². The number of hydrogen-bond donors (Lipinski definition) is 2. The summed E-state index contributed by atoms with van der Waals surface area (Å²) in [5.41, 5.74) is 12.8. The van der Waals surface area contributed by atoms with Crippen LogP contribution in [0.5, 0.6) is 0 Å². The number of nitrogens with two attached hydrogens (primary N) is 2. The minimum Gasteiger partial charge on any atom is -0.389 e. The molecule has 1 aliphatic heterocycles. The predicted molar refractivity (Wildman–Crippen MR) is 76.0 cm³/mol. The molecule has 1 fully saturated rings. The number of ether oxygens (including phenoxy) is 1. The largest absolute Gasteiger partial charge is 0.389 e. The van der Waals surface area contributed by atoms with E-state index >= 15 is 0 Å². The second-order valence-electron chi connectivity index (χ2n) is 4.38. The van der Waals surface area contributed by atoms with Crippen LogP contribution in [0.2, 0.25) is 0 Å². The van der Waals surface area contributed by atoms with E-state index in [1.807, 2.05) is 17.9 Å². The van der Waals surface area contributed by atoms with Gasteiger partial charge < -0.3 is 21.1 Å². The molecule has 7 heteroatoms. The average molecular weight is 280 g/mol. The lowest BCUT2D eigenvalue weighted by Crippen LogP contribution is -2.53. The number of nitrogens with zero attached hydrogens (tertiary/aromatic N) is 2. The number of hydrogen-bond acceptors (Lipinski definition) is 5. The fourth-order valence-corrected chi connectivity index (χ4v) is 2.41. The van der Waals surface area contributed by atoms with Crippen molar-refractivity contribution in [2.24, 2.45) is 11.5 Å². The van der Waals surface area contributed by atoms with Crippen LogP contribution in [0.25, 0.3) is 0 Å². The van der Waals surface area contributed by atoms with Gasteiger partial charge in [0.15, 0.2) is 0 Å². The number of morpholine rings is 1. The number of anilines is 1. The van der Waals surface area contributed by atoms with E-state index in [-0.39, 0.29) is 11.6 Å². The Morgan fingerprint density at radius 3 is 2.95 bits per heavy atom. The third-order valence-electron chi connectivity index (χ3n) is 3.11.